The lowest BCUT2D eigenvalue weighted by atomic mass is 9.90. The number of pyridine rings is 1. The van der Waals surface area contributed by atoms with Gasteiger partial charge in [-0.15, -0.1) is 0 Å². The molecule has 1 aliphatic carbocycles. The number of imidazole rings is 1. The van der Waals surface area contributed by atoms with E-state index in [2.05, 4.69) is 25.6 Å². The third-order valence-corrected chi connectivity index (χ3v) is 7.91. The molecule has 3 heterocycles. The Morgan fingerprint density at radius 2 is 1.75 bits per heavy atom. The van der Waals surface area contributed by atoms with Crippen molar-refractivity contribution in [2.75, 3.05) is 5.32 Å². The van der Waals surface area contributed by atoms with Gasteiger partial charge in [-0.1, -0.05) is 40.9 Å². The molecule has 8 nitrogen and oxygen atoms in total. The molecule has 0 radical (unpaired) electrons. The molecule has 3 atom stereocenters. The van der Waals surface area contributed by atoms with Crippen molar-refractivity contribution in [1.82, 2.24) is 29.8 Å². The van der Waals surface area contributed by atoms with Crippen LogP contribution in [-0.4, -0.2) is 41.7 Å². The van der Waals surface area contributed by atoms with E-state index < -0.39 is 6.23 Å². The Labute approximate surface area is 246 Å². The van der Waals surface area contributed by atoms with E-state index in [4.69, 9.17) is 39.8 Å². The zero-order valence-electron chi connectivity index (χ0n) is 21.3. The SMILES string of the molecule is OC(NC1CCCC(Nc2ncnc3c2nc(-c2ccc(Cl)cc2Cl)n3-c2ccc(Cl)cc2)C1)c1cccnc1. The van der Waals surface area contributed by atoms with E-state index in [9.17, 15) is 5.11 Å². The first kappa shape index (κ1) is 26.9. The molecule has 1 saturated carbocycles. The van der Waals surface area contributed by atoms with Gasteiger partial charge in [-0.3, -0.25) is 14.9 Å². The first-order valence-corrected chi connectivity index (χ1v) is 14.1. The predicted molar refractivity (Wildman–Crippen MR) is 159 cm³/mol. The van der Waals surface area contributed by atoms with E-state index in [0.29, 0.717) is 37.9 Å². The second kappa shape index (κ2) is 11.7. The maximum Gasteiger partial charge on any atom is 0.170 e. The van der Waals surface area contributed by atoms with Crippen LogP contribution in [0.15, 0.2) is 73.3 Å². The Bertz CT molecular complexity index is 1630. The minimum atomic E-state index is -0.773. The van der Waals surface area contributed by atoms with Gasteiger partial charge in [0.15, 0.2) is 17.0 Å². The quantitative estimate of drug-likeness (QED) is 0.177. The standard InChI is InChI=1S/C29H26Cl3N7O/c30-18-6-9-22(10-7-18)39-27(23-11-8-19(31)13-24(23)32)38-25-26(34-16-35-28(25)39)36-20-4-1-5-21(14-20)37-29(40)17-3-2-12-33-15-17/h2-3,6-13,15-16,20-21,29,37,40H,1,4-5,14H2,(H,34,35,36). The van der Waals surface area contributed by atoms with Crippen LogP contribution in [0.5, 0.6) is 0 Å². The molecule has 1 fully saturated rings. The summed E-state index contributed by atoms with van der Waals surface area (Å²) in [5, 5.41) is 19.3. The van der Waals surface area contributed by atoms with Gasteiger partial charge < -0.3 is 10.4 Å². The molecule has 1 aliphatic rings. The number of aromatic nitrogens is 5. The van der Waals surface area contributed by atoms with Gasteiger partial charge in [-0.2, -0.15) is 0 Å². The zero-order chi connectivity index (χ0) is 27.6. The molecule has 40 heavy (non-hydrogen) atoms. The zero-order valence-corrected chi connectivity index (χ0v) is 23.6. The van der Waals surface area contributed by atoms with Crippen LogP contribution in [0.25, 0.3) is 28.2 Å². The van der Waals surface area contributed by atoms with Gasteiger partial charge in [0.05, 0.1) is 5.02 Å². The molecule has 204 valence electrons. The van der Waals surface area contributed by atoms with Gasteiger partial charge >= 0.3 is 0 Å². The highest BCUT2D eigenvalue weighted by atomic mass is 35.5. The number of anilines is 1. The van der Waals surface area contributed by atoms with Gasteiger partial charge in [0, 0.05) is 51.3 Å². The van der Waals surface area contributed by atoms with Crippen molar-refractivity contribution in [3.63, 3.8) is 0 Å². The molecule has 0 aliphatic heterocycles. The third kappa shape index (κ3) is 5.64. The van der Waals surface area contributed by atoms with Crippen molar-refractivity contribution < 1.29 is 5.11 Å². The number of hydrogen-bond donors (Lipinski definition) is 3. The first-order valence-electron chi connectivity index (χ1n) is 13.0. The fourth-order valence-electron chi connectivity index (χ4n) is 5.21. The van der Waals surface area contributed by atoms with Gasteiger partial charge in [0.2, 0.25) is 0 Å². The van der Waals surface area contributed by atoms with Crippen LogP contribution in [0.1, 0.15) is 37.5 Å². The molecule has 0 saturated heterocycles. The molecule has 2 aromatic carbocycles. The van der Waals surface area contributed by atoms with Crippen LogP contribution in [0.4, 0.5) is 5.82 Å². The lowest BCUT2D eigenvalue weighted by Crippen LogP contribution is -2.40. The average Bonchev–Trinajstić information content (AvgIpc) is 3.34. The van der Waals surface area contributed by atoms with E-state index in [1.807, 2.05) is 47.0 Å². The number of hydrogen-bond acceptors (Lipinski definition) is 7. The summed E-state index contributed by atoms with van der Waals surface area (Å²) in [6.45, 7) is 0. The molecule has 3 unspecified atom stereocenters. The van der Waals surface area contributed by atoms with Crippen LogP contribution < -0.4 is 10.6 Å². The first-order chi connectivity index (χ1) is 19.5. The smallest absolute Gasteiger partial charge is 0.170 e. The van der Waals surface area contributed by atoms with Crippen molar-refractivity contribution in [2.24, 2.45) is 0 Å². The lowest BCUT2D eigenvalue weighted by molar-refractivity contribution is 0.112. The number of benzene rings is 2. The summed E-state index contributed by atoms with van der Waals surface area (Å²) in [7, 11) is 0. The predicted octanol–water partition coefficient (Wildman–Crippen LogP) is 6.84. The topological polar surface area (TPSA) is 101 Å². The summed E-state index contributed by atoms with van der Waals surface area (Å²) in [5.41, 5.74) is 3.57. The summed E-state index contributed by atoms with van der Waals surface area (Å²) in [6.07, 6.45) is 7.90. The van der Waals surface area contributed by atoms with Gasteiger partial charge in [0.25, 0.3) is 0 Å². The maximum absolute atomic E-state index is 10.7. The molecular weight excluding hydrogens is 569 g/mol. The van der Waals surface area contributed by atoms with Gasteiger partial charge in [-0.05, 0) is 74.2 Å². The number of nitrogens with zero attached hydrogens (tertiary/aromatic N) is 5. The number of halogens is 3. The highest BCUT2D eigenvalue weighted by molar-refractivity contribution is 6.36. The second-order valence-electron chi connectivity index (χ2n) is 9.83. The molecule has 3 aromatic heterocycles. The van der Waals surface area contributed by atoms with E-state index >= 15 is 0 Å². The summed E-state index contributed by atoms with van der Waals surface area (Å²) < 4.78 is 1.95. The van der Waals surface area contributed by atoms with E-state index in [0.717, 1.165) is 42.5 Å². The second-order valence-corrected chi connectivity index (χ2v) is 11.1. The summed E-state index contributed by atoms with van der Waals surface area (Å²) >= 11 is 19.0. The summed E-state index contributed by atoms with van der Waals surface area (Å²) in [4.78, 5) is 18.3. The number of fused-ring (bicyclic) bond motifs is 1. The Hall–Kier alpha value is -3.27. The lowest BCUT2D eigenvalue weighted by Gasteiger charge is -2.32. The maximum atomic E-state index is 10.7. The molecular formula is C29H26Cl3N7O. The van der Waals surface area contributed by atoms with Crippen LogP contribution in [0.2, 0.25) is 15.1 Å². The summed E-state index contributed by atoms with van der Waals surface area (Å²) in [5.74, 6) is 1.26. The Kier molecular flexibility index (Phi) is 7.87. The third-order valence-electron chi connectivity index (χ3n) is 7.11. The number of rotatable bonds is 7. The fraction of sp³-hybridized carbons (Fsp3) is 0.241. The van der Waals surface area contributed by atoms with Crippen molar-refractivity contribution in [2.45, 2.75) is 44.0 Å². The Balaban J connectivity index is 1.33. The number of aliphatic hydroxyl groups excluding tert-OH is 1. The normalized spacial score (nSPS) is 18.1. The Morgan fingerprint density at radius 3 is 2.52 bits per heavy atom. The molecule has 0 bridgehead atoms. The van der Waals surface area contributed by atoms with Crippen LogP contribution >= 0.6 is 34.8 Å². The van der Waals surface area contributed by atoms with Crippen molar-refractivity contribution >= 4 is 51.8 Å². The molecule has 3 N–H and O–H groups in total. The van der Waals surface area contributed by atoms with Crippen LogP contribution in [-0.2, 0) is 0 Å². The highest BCUT2D eigenvalue weighted by Crippen LogP contribution is 2.36. The van der Waals surface area contributed by atoms with Crippen molar-refractivity contribution in [3.8, 4) is 17.1 Å². The Morgan fingerprint density at radius 1 is 0.950 bits per heavy atom. The van der Waals surface area contributed by atoms with E-state index in [1.165, 1.54) is 6.33 Å². The molecule has 0 amide bonds. The van der Waals surface area contributed by atoms with Crippen LogP contribution in [0, 0.1) is 0 Å². The summed E-state index contributed by atoms with van der Waals surface area (Å²) in [6, 6.07) is 16.8. The molecule has 6 rings (SSSR count). The van der Waals surface area contributed by atoms with Gasteiger partial charge in [0.1, 0.15) is 18.4 Å². The molecule has 5 aromatic rings. The molecule has 11 heteroatoms. The highest BCUT2D eigenvalue weighted by Gasteiger charge is 2.26. The monoisotopic (exact) mass is 593 g/mol. The minimum Gasteiger partial charge on any atom is -0.374 e. The molecule has 0 spiro atoms. The largest absolute Gasteiger partial charge is 0.374 e. The van der Waals surface area contributed by atoms with Gasteiger partial charge in [-0.25, -0.2) is 15.0 Å². The van der Waals surface area contributed by atoms with E-state index in [1.54, 1.807) is 24.5 Å². The van der Waals surface area contributed by atoms with E-state index in [-0.39, 0.29) is 12.1 Å². The number of aliphatic hydroxyl groups is 1. The van der Waals surface area contributed by atoms with Crippen molar-refractivity contribution in [3.05, 3.63) is 93.9 Å². The van der Waals surface area contributed by atoms with Crippen LogP contribution in [0.3, 0.4) is 0 Å². The fourth-order valence-corrected chi connectivity index (χ4v) is 5.83. The van der Waals surface area contributed by atoms with Crippen molar-refractivity contribution in [1.29, 1.82) is 0 Å². The minimum absolute atomic E-state index is 0.133. The number of nitrogens with one attached hydrogen (secondary N) is 2. The average molecular weight is 595 g/mol.